The molecule has 8 aliphatic carbocycles. The van der Waals surface area contributed by atoms with Gasteiger partial charge in [-0.25, -0.2) is 0 Å². The van der Waals surface area contributed by atoms with Crippen LogP contribution in [0.2, 0.25) is 0 Å². The van der Waals surface area contributed by atoms with E-state index in [0.29, 0.717) is 49.7 Å². The maximum atomic E-state index is 15.4. The number of phenols is 6. The van der Waals surface area contributed by atoms with Crippen LogP contribution in [-0.2, 0) is 29.7 Å². The summed E-state index contributed by atoms with van der Waals surface area (Å²) in [5, 5.41) is 92.0. The number of aromatic amines is 1. The number of fused-ring (bicyclic) bond motifs is 9. The number of aromatic nitrogens is 1. The van der Waals surface area contributed by atoms with Crippen LogP contribution < -0.4 is 15.2 Å². The number of phenolic OH excluding ortho intramolecular Hbond substituents is 6. The Morgan fingerprint density at radius 3 is 2.40 bits per heavy atom. The van der Waals surface area contributed by atoms with Crippen LogP contribution in [0.5, 0.6) is 46.0 Å². The van der Waals surface area contributed by atoms with Crippen LogP contribution in [0.3, 0.4) is 0 Å². The SMILES string of the molecule is NCOc1cc(CCC(=O)C2CC(Cc3ccc(O)cc3O)C3CC4CC(C56CC(CCCO)C7(CCC8(CCCC8)C7)C5c5cc[nH]c5-c5ccccc56)C(c5cc(O)c(O)c(OCc6cccc(O)c6)c54)C3C2O)ccc1O. The zero-order valence-electron chi connectivity index (χ0n) is 45.4. The molecule has 80 heavy (non-hydrogen) atoms. The van der Waals surface area contributed by atoms with Crippen LogP contribution in [0.15, 0.2) is 103 Å². The quantitative estimate of drug-likeness (QED) is 0.0341. The Morgan fingerprint density at radius 1 is 0.775 bits per heavy atom. The first-order chi connectivity index (χ1) is 38.8. The molecule has 2 spiro atoms. The standard InChI is InChI=1S/C67H76N2O11/c68-36-80-56-26-37(13-17-53(56)74)12-16-52(73)48-28-40(27-39-14-15-44(72)31-54(39)75)47-29-41-30-51(58(59(47)61(48)77)49-32-55(76)62(78)63(57(41)49)79-34-38-7-5-9-43(71)25-38)67-33-42(8-6-24-70)66(22-21-65(35-66)19-3-4-20-65)64(67)46-18-23-69-60(46)45-10-1-2-11-50(45)67/h1-2,5,7,9-11,13-15,17-18,23,25-26,31-32,40-42,47-48,51,58-59,61,64,69-72,74-78H,3-4,6,8,12,16,19-22,24,27-30,33-36,68H2. The van der Waals surface area contributed by atoms with Crippen molar-refractivity contribution < 1.29 is 55.1 Å². The Morgan fingerprint density at radius 2 is 1.60 bits per heavy atom. The fourth-order valence-corrected chi connectivity index (χ4v) is 19.0. The Hall–Kier alpha value is -6.67. The molecule has 5 saturated carbocycles. The summed E-state index contributed by atoms with van der Waals surface area (Å²) >= 11 is 0. The Balaban J connectivity index is 1.02. The van der Waals surface area contributed by atoms with Crippen molar-refractivity contribution in [1.29, 1.82) is 0 Å². The number of hydrogen-bond donors (Lipinski definition) is 10. The van der Waals surface area contributed by atoms with Gasteiger partial charge in [-0.2, -0.15) is 0 Å². The zero-order chi connectivity index (χ0) is 55.2. The van der Waals surface area contributed by atoms with Gasteiger partial charge in [0.1, 0.15) is 36.4 Å². The minimum atomic E-state index is -1.14. The van der Waals surface area contributed by atoms with Gasteiger partial charge in [-0.3, -0.25) is 10.5 Å². The molecule has 6 aromatic rings. The van der Waals surface area contributed by atoms with Crippen molar-refractivity contribution >= 4 is 5.78 Å². The van der Waals surface area contributed by atoms with Crippen molar-refractivity contribution in [2.45, 2.75) is 139 Å². The van der Waals surface area contributed by atoms with Gasteiger partial charge >= 0.3 is 0 Å². The van der Waals surface area contributed by atoms with E-state index in [1.165, 1.54) is 60.9 Å². The van der Waals surface area contributed by atoms with E-state index in [1.807, 2.05) is 6.07 Å². The number of rotatable bonds is 15. The van der Waals surface area contributed by atoms with Crippen molar-refractivity contribution in [3.63, 3.8) is 0 Å². The highest BCUT2D eigenvalue weighted by molar-refractivity contribution is 5.82. The number of carbonyl (C=O) groups excluding carboxylic acids is 1. The third-order valence-electron chi connectivity index (χ3n) is 21.8. The van der Waals surface area contributed by atoms with Gasteiger partial charge in [-0.1, -0.05) is 61.4 Å². The van der Waals surface area contributed by atoms with E-state index < -0.39 is 29.3 Å². The molecule has 12 unspecified atom stereocenters. The van der Waals surface area contributed by atoms with E-state index >= 15 is 4.79 Å². The summed E-state index contributed by atoms with van der Waals surface area (Å²) in [6, 6.07) is 29.5. The molecule has 8 aliphatic rings. The van der Waals surface area contributed by atoms with Gasteiger partial charge in [0.15, 0.2) is 23.0 Å². The number of carbonyl (C=O) groups is 1. The first-order valence-corrected chi connectivity index (χ1v) is 29.5. The molecule has 12 atom stereocenters. The smallest absolute Gasteiger partial charge is 0.200 e. The van der Waals surface area contributed by atoms with Crippen LogP contribution in [-0.4, -0.2) is 71.1 Å². The van der Waals surface area contributed by atoms with E-state index in [4.69, 9.17) is 15.2 Å². The fraction of sp³-hybridized carbons (Fsp3) is 0.478. The molecule has 1 aromatic heterocycles. The Labute approximate surface area is 467 Å². The zero-order valence-corrected chi connectivity index (χ0v) is 45.4. The molecule has 13 heteroatoms. The van der Waals surface area contributed by atoms with Crippen molar-refractivity contribution in [3.05, 3.63) is 142 Å². The number of aliphatic hydroxyl groups is 2. The van der Waals surface area contributed by atoms with E-state index in [1.54, 1.807) is 48.5 Å². The summed E-state index contributed by atoms with van der Waals surface area (Å²) in [7, 11) is 0. The largest absolute Gasteiger partial charge is 0.508 e. The van der Waals surface area contributed by atoms with Gasteiger partial charge < -0.3 is 55.3 Å². The first kappa shape index (κ1) is 52.7. The lowest BCUT2D eigenvalue weighted by Gasteiger charge is -2.56. The molecular formula is C67H76N2O11. The number of nitrogens with two attached hydrogens (primary N) is 1. The minimum Gasteiger partial charge on any atom is -0.508 e. The fourth-order valence-electron chi connectivity index (χ4n) is 19.0. The second kappa shape index (κ2) is 20.4. The van der Waals surface area contributed by atoms with Gasteiger partial charge in [0.2, 0.25) is 5.75 Å². The average molecular weight is 1090 g/mol. The maximum Gasteiger partial charge on any atom is 0.200 e. The lowest BCUT2D eigenvalue weighted by Crippen LogP contribution is -2.53. The number of benzene rings is 5. The molecule has 0 aliphatic heterocycles. The number of aryl methyl sites for hydroxylation is 1. The molecule has 0 saturated heterocycles. The molecule has 5 aromatic carbocycles. The molecule has 0 amide bonds. The molecule has 14 rings (SSSR count). The van der Waals surface area contributed by atoms with Gasteiger partial charge in [0, 0.05) is 59.4 Å². The van der Waals surface area contributed by atoms with E-state index in [-0.39, 0.29) is 124 Å². The second-order valence-corrected chi connectivity index (χ2v) is 25.5. The van der Waals surface area contributed by atoms with Gasteiger partial charge in [0.05, 0.1) is 6.10 Å². The highest BCUT2D eigenvalue weighted by atomic mass is 16.5. The summed E-state index contributed by atoms with van der Waals surface area (Å²) in [6.45, 7) is -0.0267. The second-order valence-electron chi connectivity index (χ2n) is 25.5. The lowest BCUT2D eigenvalue weighted by molar-refractivity contribution is -0.136. The average Bonchev–Trinajstić information content (AvgIpc) is 2.09. The highest BCUT2D eigenvalue weighted by Crippen LogP contribution is 2.80. The highest BCUT2D eigenvalue weighted by Gasteiger charge is 2.72. The van der Waals surface area contributed by atoms with Crippen molar-refractivity contribution in [2.75, 3.05) is 13.3 Å². The minimum absolute atomic E-state index is 0.000807. The molecule has 13 nitrogen and oxygen atoms in total. The summed E-state index contributed by atoms with van der Waals surface area (Å²) < 4.78 is 12.3. The number of ether oxygens (including phenoxy) is 2. The molecule has 420 valence electrons. The van der Waals surface area contributed by atoms with Gasteiger partial charge in [0.25, 0.3) is 0 Å². The summed E-state index contributed by atoms with van der Waals surface area (Å²) in [5.74, 6) is -2.87. The van der Waals surface area contributed by atoms with Crippen LogP contribution in [0.1, 0.15) is 147 Å². The summed E-state index contributed by atoms with van der Waals surface area (Å²) in [5.41, 5.74) is 14.0. The number of ketones is 1. The van der Waals surface area contributed by atoms with Crippen LogP contribution in [0.25, 0.3) is 11.3 Å². The predicted octanol–water partition coefficient (Wildman–Crippen LogP) is 11.6. The molecule has 5 fully saturated rings. The summed E-state index contributed by atoms with van der Waals surface area (Å²) in [6.07, 6.45) is 14.1. The third kappa shape index (κ3) is 8.45. The van der Waals surface area contributed by atoms with Gasteiger partial charge in [-0.15, -0.1) is 0 Å². The van der Waals surface area contributed by atoms with E-state index in [2.05, 4.69) is 41.5 Å². The number of Topliss-reactive ketones (excluding diaryl/α,β-unsaturated/α-hetero) is 1. The molecular weight excluding hydrogens is 1010 g/mol. The molecule has 2 bridgehead atoms. The van der Waals surface area contributed by atoms with Gasteiger partial charge in [-0.05, 0) is 212 Å². The number of H-pyrrole nitrogens is 1. The molecule has 0 radical (unpaired) electrons. The Bertz CT molecular complexity index is 3330. The lowest BCUT2D eigenvalue weighted by atomic mass is 9.47. The number of hydrogen-bond acceptors (Lipinski definition) is 12. The summed E-state index contributed by atoms with van der Waals surface area (Å²) in [4.78, 5) is 19.1. The monoisotopic (exact) mass is 1080 g/mol. The number of aliphatic hydroxyl groups excluding tert-OH is 2. The Kier molecular flexibility index (Phi) is 13.4. The predicted molar refractivity (Wildman–Crippen MR) is 302 cm³/mol. The van der Waals surface area contributed by atoms with Crippen molar-refractivity contribution in [3.8, 4) is 57.3 Å². The number of nitrogens with one attached hydrogen (secondary N) is 1. The molecule has 11 N–H and O–H groups in total. The normalized spacial score (nSPS) is 30.3. The third-order valence-corrected chi connectivity index (χ3v) is 21.8. The number of aromatic hydroxyl groups is 6. The van der Waals surface area contributed by atoms with E-state index in [0.717, 1.165) is 48.1 Å². The van der Waals surface area contributed by atoms with E-state index in [9.17, 15) is 40.9 Å². The van der Waals surface area contributed by atoms with Crippen molar-refractivity contribution in [2.24, 2.45) is 52.1 Å². The first-order valence-electron chi connectivity index (χ1n) is 29.5. The molecule has 1 heterocycles. The van der Waals surface area contributed by atoms with Crippen molar-refractivity contribution in [1.82, 2.24) is 4.98 Å². The van der Waals surface area contributed by atoms with Crippen LogP contribution in [0, 0.1) is 46.3 Å². The maximum absolute atomic E-state index is 15.4. The van der Waals surface area contributed by atoms with Crippen LogP contribution in [0.4, 0.5) is 0 Å². The topological polar surface area (TPSA) is 239 Å². The van der Waals surface area contributed by atoms with Crippen LogP contribution >= 0.6 is 0 Å².